The number of nitrogens with zero attached hydrogens (tertiary/aromatic N) is 2. The van der Waals surface area contributed by atoms with E-state index in [9.17, 15) is 19.2 Å². The third kappa shape index (κ3) is 4.77. The monoisotopic (exact) mass is 478 g/mol. The molecule has 3 aliphatic rings. The molecule has 0 aromatic heterocycles. The van der Waals surface area contributed by atoms with Gasteiger partial charge in [-0.25, -0.2) is 0 Å². The highest BCUT2D eigenvalue weighted by molar-refractivity contribution is 6.09. The zero-order chi connectivity index (χ0) is 24.4. The highest BCUT2D eigenvalue weighted by atomic mass is 16.6. The molecule has 0 bridgehead atoms. The first-order valence-electron chi connectivity index (χ1n) is 11.7. The van der Waals surface area contributed by atoms with Crippen LogP contribution in [0.2, 0.25) is 0 Å². The van der Waals surface area contributed by atoms with Crippen molar-refractivity contribution in [1.82, 2.24) is 15.1 Å². The van der Waals surface area contributed by atoms with Crippen LogP contribution in [0.1, 0.15) is 23.2 Å². The number of amides is 4. The molecule has 4 amide bonds. The van der Waals surface area contributed by atoms with Gasteiger partial charge in [0.1, 0.15) is 12.6 Å². The minimum atomic E-state index is -0.798. The van der Waals surface area contributed by atoms with E-state index in [0.29, 0.717) is 48.9 Å². The average molecular weight is 479 g/mol. The number of ether oxygens (including phenoxy) is 2. The summed E-state index contributed by atoms with van der Waals surface area (Å²) in [4.78, 5) is 54.0. The summed E-state index contributed by atoms with van der Waals surface area (Å²) in [5, 5.41) is 5.46. The molecule has 182 valence electrons. The van der Waals surface area contributed by atoms with Gasteiger partial charge in [0.05, 0.1) is 11.3 Å². The number of benzene rings is 2. The molecule has 5 rings (SSSR count). The molecule has 3 heterocycles. The molecular formula is C25H26N4O6. The highest BCUT2D eigenvalue weighted by Gasteiger charge is 2.34. The van der Waals surface area contributed by atoms with Crippen LogP contribution in [0, 0.1) is 0 Å². The normalized spacial score (nSPS) is 21.4. The molecule has 2 aromatic rings. The van der Waals surface area contributed by atoms with Crippen molar-refractivity contribution in [3.8, 4) is 11.5 Å². The zero-order valence-corrected chi connectivity index (χ0v) is 19.1. The van der Waals surface area contributed by atoms with Gasteiger partial charge in [0.15, 0.2) is 11.5 Å². The second kappa shape index (κ2) is 9.65. The van der Waals surface area contributed by atoms with Gasteiger partial charge in [0.25, 0.3) is 11.8 Å². The molecule has 2 atom stereocenters. The molecule has 10 nitrogen and oxygen atoms in total. The summed E-state index contributed by atoms with van der Waals surface area (Å²) in [5.74, 6) is 0.192. The quantitative estimate of drug-likeness (QED) is 0.678. The van der Waals surface area contributed by atoms with Crippen LogP contribution >= 0.6 is 0 Å². The molecule has 3 aliphatic heterocycles. The van der Waals surface area contributed by atoms with Crippen molar-refractivity contribution in [2.75, 3.05) is 38.1 Å². The standard InChI is InChI=1S/C25H26N4O6/c30-22(10-9-18-24(32)26-17-6-2-1-5-16(17)23(31)27-18)28-11-13-29(14-12-28)25(33)21-15-34-19-7-3-4-8-20(19)35-21/h1-8,18,21H,9-15H2,(H,26,32)(H,27,31)/t18-,21+/m1/s1. The largest absolute Gasteiger partial charge is 0.485 e. The number of anilines is 1. The van der Waals surface area contributed by atoms with Crippen molar-refractivity contribution in [2.24, 2.45) is 0 Å². The van der Waals surface area contributed by atoms with E-state index in [0.717, 1.165) is 0 Å². The summed E-state index contributed by atoms with van der Waals surface area (Å²) in [6.07, 6.45) is -0.413. The molecule has 0 spiro atoms. The van der Waals surface area contributed by atoms with E-state index < -0.39 is 12.1 Å². The Morgan fingerprint density at radius 3 is 2.40 bits per heavy atom. The van der Waals surface area contributed by atoms with Gasteiger partial charge >= 0.3 is 0 Å². The Hall–Kier alpha value is -4.08. The molecule has 0 radical (unpaired) electrons. The fourth-order valence-electron chi connectivity index (χ4n) is 4.46. The molecule has 0 unspecified atom stereocenters. The molecule has 0 aliphatic carbocycles. The summed E-state index contributed by atoms with van der Waals surface area (Å²) in [7, 11) is 0. The highest BCUT2D eigenvalue weighted by Crippen LogP contribution is 2.31. The Morgan fingerprint density at radius 1 is 0.914 bits per heavy atom. The lowest BCUT2D eigenvalue weighted by atomic mass is 10.1. The van der Waals surface area contributed by atoms with Crippen LogP contribution in [0.4, 0.5) is 5.69 Å². The Bertz CT molecular complexity index is 1160. The number of hydrogen-bond acceptors (Lipinski definition) is 6. The van der Waals surface area contributed by atoms with E-state index in [4.69, 9.17) is 9.47 Å². The number of nitrogens with one attached hydrogen (secondary N) is 2. The Kier molecular flexibility index (Phi) is 6.26. The Balaban J connectivity index is 1.10. The van der Waals surface area contributed by atoms with Gasteiger partial charge in [0.2, 0.25) is 17.9 Å². The van der Waals surface area contributed by atoms with Crippen LogP contribution in [-0.2, 0) is 14.4 Å². The van der Waals surface area contributed by atoms with Gasteiger partial charge in [-0.1, -0.05) is 24.3 Å². The first-order chi connectivity index (χ1) is 17.0. The SMILES string of the molecule is O=C1N[C@H](CCC(=O)N2CCN(C(=O)[C@@H]3COc4ccccc4O3)CC2)C(=O)Nc2ccccc21. The predicted octanol–water partition coefficient (Wildman–Crippen LogP) is 1.03. The molecular weight excluding hydrogens is 452 g/mol. The van der Waals surface area contributed by atoms with E-state index in [1.165, 1.54) is 0 Å². The lowest BCUT2D eigenvalue weighted by Gasteiger charge is -2.37. The molecule has 35 heavy (non-hydrogen) atoms. The van der Waals surface area contributed by atoms with Crippen LogP contribution in [0.15, 0.2) is 48.5 Å². The maximum atomic E-state index is 12.9. The molecule has 2 aromatic carbocycles. The molecule has 0 saturated carbocycles. The number of piperazine rings is 1. The van der Waals surface area contributed by atoms with Crippen molar-refractivity contribution in [3.63, 3.8) is 0 Å². The summed E-state index contributed by atoms with van der Waals surface area (Å²) in [6, 6.07) is 13.2. The number of hydrogen-bond donors (Lipinski definition) is 2. The van der Waals surface area contributed by atoms with Crippen LogP contribution in [0.25, 0.3) is 0 Å². The first-order valence-corrected chi connectivity index (χ1v) is 11.7. The van der Waals surface area contributed by atoms with Gasteiger partial charge in [-0.3, -0.25) is 19.2 Å². The Morgan fingerprint density at radius 2 is 1.60 bits per heavy atom. The van der Waals surface area contributed by atoms with Crippen molar-refractivity contribution < 1.29 is 28.7 Å². The van der Waals surface area contributed by atoms with E-state index in [1.54, 1.807) is 46.2 Å². The van der Waals surface area contributed by atoms with Crippen LogP contribution in [0.5, 0.6) is 11.5 Å². The second-order valence-electron chi connectivity index (χ2n) is 8.67. The number of para-hydroxylation sites is 3. The van der Waals surface area contributed by atoms with Gasteiger partial charge in [-0.05, 0) is 30.7 Å². The summed E-state index contributed by atoms with van der Waals surface area (Å²) in [6.45, 7) is 1.71. The number of rotatable bonds is 4. The topological polar surface area (TPSA) is 117 Å². The fraction of sp³-hybridized carbons (Fsp3) is 0.360. The third-order valence-corrected chi connectivity index (χ3v) is 6.43. The molecule has 1 fully saturated rings. The second-order valence-corrected chi connectivity index (χ2v) is 8.67. The lowest BCUT2D eigenvalue weighted by Crippen LogP contribution is -2.55. The smallest absolute Gasteiger partial charge is 0.267 e. The fourth-order valence-corrected chi connectivity index (χ4v) is 4.46. The van der Waals surface area contributed by atoms with Gasteiger partial charge in [0, 0.05) is 32.6 Å². The first kappa shape index (κ1) is 22.7. The van der Waals surface area contributed by atoms with Crippen molar-refractivity contribution in [3.05, 3.63) is 54.1 Å². The predicted molar refractivity (Wildman–Crippen MR) is 125 cm³/mol. The van der Waals surface area contributed by atoms with Crippen molar-refractivity contribution >= 4 is 29.3 Å². The third-order valence-electron chi connectivity index (χ3n) is 6.43. The van der Waals surface area contributed by atoms with Crippen molar-refractivity contribution in [2.45, 2.75) is 25.0 Å². The van der Waals surface area contributed by atoms with Gasteiger partial charge in [-0.2, -0.15) is 0 Å². The van der Waals surface area contributed by atoms with Gasteiger partial charge in [-0.15, -0.1) is 0 Å². The van der Waals surface area contributed by atoms with E-state index in [2.05, 4.69) is 10.6 Å². The number of carbonyl (C=O) groups excluding carboxylic acids is 4. The van der Waals surface area contributed by atoms with E-state index >= 15 is 0 Å². The minimum Gasteiger partial charge on any atom is -0.485 e. The van der Waals surface area contributed by atoms with Crippen molar-refractivity contribution in [1.29, 1.82) is 0 Å². The zero-order valence-electron chi connectivity index (χ0n) is 19.1. The van der Waals surface area contributed by atoms with Crippen LogP contribution < -0.4 is 20.1 Å². The molecule has 10 heteroatoms. The van der Waals surface area contributed by atoms with Gasteiger partial charge < -0.3 is 29.9 Å². The minimum absolute atomic E-state index is 0.110. The van der Waals surface area contributed by atoms with Crippen LogP contribution in [0.3, 0.4) is 0 Å². The van der Waals surface area contributed by atoms with E-state index in [-0.39, 0.29) is 43.1 Å². The number of fused-ring (bicyclic) bond motifs is 2. The maximum Gasteiger partial charge on any atom is 0.267 e. The summed E-state index contributed by atoms with van der Waals surface area (Å²) < 4.78 is 11.5. The van der Waals surface area contributed by atoms with Crippen LogP contribution in [-0.4, -0.2) is 78.4 Å². The summed E-state index contributed by atoms with van der Waals surface area (Å²) >= 11 is 0. The number of carbonyl (C=O) groups is 4. The average Bonchev–Trinajstić information content (AvgIpc) is 3.02. The van der Waals surface area contributed by atoms with E-state index in [1.807, 2.05) is 12.1 Å². The summed E-state index contributed by atoms with van der Waals surface area (Å²) in [5.41, 5.74) is 0.853. The molecule has 1 saturated heterocycles. The lowest BCUT2D eigenvalue weighted by molar-refractivity contribution is -0.146. The molecule has 2 N–H and O–H groups in total. The maximum absolute atomic E-state index is 12.9. The Labute approximate surface area is 202 Å².